The molecule has 1 N–H and O–H groups in total. The van der Waals surface area contributed by atoms with Gasteiger partial charge in [-0.2, -0.15) is 0 Å². The standard InChI is InChI=1S/C23H19BrN2O3S/c1-13-22(30-14(2)25-13)20(27)18-19(16-9-6-10-17(24)11-16)26(23(29)21(18)28)12-15-7-4-3-5-8-15/h3-11,19,28H,12H2,1-2H3. The van der Waals surface area contributed by atoms with E-state index in [1.807, 2.05) is 61.5 Å². The molecule has 5 nitrogen and oxygen atoms in total. The highest BCUT2D eigenvalue weighted by molar-refractivity contribution is 9.10. The van der Waals surface area contributed by atoms with Crippen molar-refractivity contribution in [2.24, 2.45) is 0 Å². The van der Waals surface area contributed by atoms with Crippen LogP contribution in [0.25, 0.3) is 0 Å². The number of aliphatic hydroxyl groups excluding tert-OH is 1. The maximum Gasteiger partial charge on any atom is 0.290 e. The third kappa shape index (κ3) is 3.70. The smallest absolute Gasteiger partial charge is 0.290 e. The quantitative estimate of drug-likeness (QED) is 0.500. The number of hydrogen-bond acceptors (Lipinski definition) is 5. The third-order valence-electron chi connectivity index (χ3n) is 5.02. The number of ketones is 1. The highest BCUT2D eigenvalue weighted by atomic mass is 79.9. The highest BCUT2D eigenvalue weighted by Crippen LogP contribution is 2.41. The number of carbonyl (C=O) groups is 2. The first-order valence-corrected chi connectivity index (χ1v) is 11.0. The first-order valence-electron chi connectivity index (χ1n) is 9.39. The average Bonchev–Trinajstić information content (AvgIpc) is 3.19. The fourth-order valence-electron chi connectivity index (χ4n) is 3.72. The number of Topliss-reactive ketones (excluding diaryl/α,β-unsaturated/α-hetero) is 1. The molecular formula is C23H19BrN2O3S. The number of aromatic nitrogens is 1. The summed E-state index contributed by atoms with van der Waals surface area (Å²) in [5, 5.41) is 11.5. The lowest BCUT2D eigenvalue weighted by molar-refractivity contribution is -0.130. The second kappa shape index (κ2) is 8.16. The van der Waals surface area contributed by atoms with Crippen molar-refractivity contribution in [2.75, 3.05) is 0 Å². The Morgan fingerprint density at radius 3 is 2.53 bits per heavy atom. The number of aryl methyl sites for hydroxylation is 2. The molecule has 7 heteroatoms. The van der Waals surface area contributed by atoms with Gasteiger partial charge < -0.3 is 10.0 Å². The molecule has 3 aromatic rings. The lowest BCUT2D eigenvalue weighted by Crippen LogP contribution is -2.30. The van der Waals surface area contributed by atoms with Crippen molar-refractivity contribution >= 4 is 39.0 Å². The molecule has 2 heterocycles. The van der Waals surface area contributed by atoms with Gasteiger partial charge in [0.2, 0.25) is 5.78 Å². The lowest BCUT2D eigenvalue weighted by atomic mass is 9.95. The lowest BCUT2D eigenvalue weighted by Gasteiger charge is -2.27. The zero-order valence-corrected chi connectivity index (χ0v) is 18.8. The monoisotopic (exact) mass is 482 g/mol. The molecule has 1 amide bonds. The first-order chi connectivity index (χ1) is 14.4. The molecule has 0 aliphatic carbocycles. The van der Waals surface area contributed by atoms with Crippen molar-refractivity contribution < 1.29 is 14.7 Å². The fourth-order valence-corrected chi connectivity index (χ4v) is 5.01. The highest BCUT2D eigenvalue weighted by Gasteiger charge is 2.44. The van der Waals surface area contributed by atoms with Crippen LogP contribution in [0.1, 0.15) is 37.5 Å². The van der Waals surface area contributed by atoms with Crippen molar-refractivity contribution in [1.82, 2.24) is 9.88 Å². The van der Waals surface area contributed by atoms with Crippen LogP contribution in [0.15, 0.2) is 70.4 Å². The van der Waals surface area contributed by atoms with Gasteiger partial charge in [-0.15, -0.1) is 11.3 Å². The van der Waals surface area contributed by atoms with Crippen molar-refractivity contribution in [3.63, 3.8) is 0 Å². The van der Waals surface area contributed by atoms with Gasteiger partial charge in [-0.3, -0.25) is 9.59 Å². The number of thiazole rings is 1. The van der Waals surface area contributed by atoms with Crippen LogP contribution in [0.2, 0.25) is 0 Å². The van der Waals surface area contributed by atoms with E-state index in [4.69, 9.17) is 0 Å². The Bertz CT molecular complexity index is 1170. The second-order valence-electron chi connectivity index (χ2n) is 7.12. The summed E-state index contributed by atoms with van der Waals surface area (Å²) in [7, 11) is 0. The van der Waals surface area contributed by atoms with E-state index in [0.29, 0.717) is 10.6 Å². The molecule has 0 saturated heterocycles. The molecule has 0 bridgehead atoms. The van der Waals surface area contributed by atoms with Crippen LogP contribution in [0.3, 0.4) is 0 Å². The average molecular weight is 483 g/mol. The number of rotatable bonds is 5. The number of aliphatic hydroxyl groups is 1. The normalized spacial score (nSPS) is 16.4. The van der Waals surface area contributed by atoms with Gasteiger partial charge in [0.1, 0.15) is 0 Å². The Balaban J connectivity index is 1.83. The van der Waals surface area contributed by atoms with Gasteiger partial charge in [0.05, 0.1) is 27.2 Å². The topological polar surface area (TPSA) is 70.5 Å². The van der Waals surface area contributed by atoms with E-state index in [0.717, 1.165) is 20.6 Å². The fraction of sp³-hybridized carbons (Fsp3) is 0.174. The second-order valence-corrected chi connectivity index (χ2v) is 9.23. The molecule has 1 aliphatic heterocycles. The van der Waals surface area contributed by atoms with E-state index in [1.54, 1.807) is 11.8 Å². The number of hydrogen-bond donors (Lipinski definition) is 1. The van der Waals surface area contributed by atoms with Crippen molar-refractivity contribution in [3.8, 4) is 0 Å². The summed E-state index contributed by atoms with van der Waals surface area (Å²) in [5.41, 5.74) is 2.36. The molecule has 2 aromatic carbocycles. The number of nitrogens with zero attached hydrogens (tertiary/aromatic N) is 2. The predicted octanol–water partition coefficient (Wildman–Crippen LogP) is 5.30. The molecule has 1 unspecified atom stereocenters. The molecule has 0 radical (unpaired) electrons. The molecule has 4 rings (SSSR count). The van der Waals surface area contributed by atoms with Crippen LogP contribution >= 0.6 is 27.3 Å². The minimum Gasteiger partial charge on any atom is -0.503 e. The van der Waals surface area contributed by atoms with Gasteiger partial charge in [-0.25, -0.2) is 4.98 Å². The summed E-state index contributed by atoms with van der Waals surface area (Å²) in [6.45, 7) is 3.87. The summed E-state index contributed by atoms with van der Waals surface area (Å²) in [6, 6.07) is 16.3. The summed E-state index contributed by atoms with van der Waals surface area (Å²) in [6.07, 6.45) is 0. The van der Waals surface area contributed by atoms with E-state index < -0.39 is 17.7 Å². The van der Waals surface area contributed by atoms with Crippen LogP contribution in [-0.4, -0.2) is 26.7 Å². The molecule has 30 heavy (non-hydrogen) atoms. The van der Waals surface area contributed by atoms with Gasteiger partial charge in [-0.05, 0) is 37.1 Å². The molecule has 1 aromatic heterocycles. The summed E-state index contributed by atoms with van der Waals surface area (Å²) < 4.78 is 0.829. The minimum absolute atomic E-state index is 0.0979. The van der Waals surface area contributed by atoms with E-state index in [9.17, 15) is 14.7 Å². The van der Waals surface area contributed by atoms with Crippen LogP contribution < -0.4 is 0 Å². The zero-order valence-electron chi connectivity index (χ0n) is 16.4. The first kappa shape index (κ1) is 20.5. The Morgan fingerprint density at radius 1 is 1.17 bits per heavy atom. The zero-order chi connectivity index (χ0) is 21.4. The van der Waals surface area contributed by atoms with Gasteiger partial charge in [0.25, 0.3) is 5.91 Å². The molecule has 0 spiro atoms. The Kier molecular flexibility index (Phi) is 5.58. The van der Waals surface area contributed by atoms with Crippen molar-refractivity contribution in [3.05, 3.63) is 97.1 Å². The molecular weight excluding hydrogens is 464 g/mol. The van der Waals surface area contributed by atoms with Gasteiger partial charge >= 0.3 is 0 Å². The maximum absolute atomic E-state index is 13.5. The Hall–Kier alpha value is -2.77. The van der Waals surface area contributed by atoms with Gasteiger partial charge in [0, 0.05) is 11.0 Å². The van der Waals surface area contributed by atoms with Crippen LogP contribution in [0.4, 0.5) is 0 Å². The number of amides is 1. The summed E-state index contributed by atoms with van der Waals surface area (Å²) in [4.78, 5) is 32.8. The molecule has 1 aliphatic rings. The van der Waals surface area contributed by atoms with E-state index in [-0.39, 0.29) is 17.9 Å². The third-order valence-corrected chi connectivity index (χ3v) is 6.58. The number of halogens is 1. The van der Waals surface area contributed by atoms with Gasteiger partial charge in [-0.1, -0.05) is 58.4 Å². The summed E-state index contributed by atoms with van der Waals surface area (Å²) in [5.74, 6) is -1.40. The molecule has 152 valence electrons. The van der Waals surface area contributed by atoms with Gasteiger partial charge in [0.15, 0.2) is 5.76 Å². The van der Waals surface area contributed by atoms with Crippen molar-refractivity contribution in [1.29, 1.82) is 0 Å². The van der Waals surface area contributed by atoms with Crippen LogP contribution in [0, 0.1) is 13.8 Å². The Morgan fingerprint density at radius 2 is 1.90 bits per heavy atom. The largest absolute Gasteiger partial charge is 0.503 e. The van der Waals surface area contributed by atoms with Crippen LogP contribution in [0.5, 0.6) is 0 Å². The van der Waals surface area contributed by atoms with E-state index in [2.05, 4.69) is 20.9 Å². The summed E-state index contributed by atoms with van der Waals surface area (Å²) >= 11 is 4.74. The SMILES string of the molecule is Cc1nc(C)c(C(=O)C2=C(O)C(=O)N(Cc3ccccc3)C2c2cccc(Br)c2)s1. The Labute approximate surface area is 186 Å². The van der Waals surface area contributed by atoms with E-state index >= 15 is 0 Å². The molecule has 1 atom stereocenters. The van der Waals surface area contributed by atoms with Crippen LogP contribution in [-0.2, 0) is 11.3 Å². The number of benzene rings is 2. The van der Waals surface area contributed by atoms with E-state index in [1.165, 1.54) is 11.3 Å². The predicted molar refractivity (Wildman–Crippen MR) is 119 cm³/mol. The maximum atomic E-state index is 13.5. The van der Waals surface area contributed by atoms with Crippen molar-refractivity contribution in [2.45, 2.75) is 26.4 Å². The molecule has 0 fully saturated rings. The minimum atomic E-state index is -0.690. The molecule has 0 saturated carbocycles. The number of carbonyl (C=O) groups excluding carboxylic acids is 2.